The number of carbonyl (C=O) groups excluding carboxylic acids is 1. The third-order valence-corrected chi connectivity index (χ3v) is 6.65. The van der Waals surface area contributed by atoms with Gasteiger partial charge in [0, 0.05) is 37.0 Å². The van der Waals surface area contributed by atoms with Crippen LogP contribution in [0, 0.1) is 5.92 Å². The molecule has 180 valence electrons. The first kappa shape index (κ1) is 22.9. The van der Waals surface area contributed by atoms with Gasteiger partial charge in [-0.15, -0.1) is 0 Å². The molecule has 7 nitrogen and oxygen atoms in total. The van der Waals surface area contributed by atoms with Gasteiger partial charge in [-0.3, -0.25) is 4.79 Å². The lowest BCUT2D eigenvalue weighted by atomic mass is 9.95. The van der Waals surface area contributed by atoms with E-state index in [9.17, 15) is 4.79 Å². The number of carbonyl (C=O) groups is 1. The SMILES string of the molecule is CCOc1ccc(-c2cc3c(N4CCC(C(=O)N[C@@H](C)c5ccccc5)CC4)nccn3n2)cc1. The lowest BCUT2D eigenvalue weighted by Crippen LogP contribution is -2.41. The van der Waals surface area contributed by atoms with E-state index >= 15 is 0 Å². The van der Waals surface area contributed by atoms with Crippen LogP contribution in [0.2, 0.25) is 0 Å². The predicted octanol–water partition coefficient (Wildman–Crippen LogP) is 4.89. The molecule has 1 fully saturated rings. The summed E-state index contributed by atoms with van der Waals surface area (Å²) in [6, 6.07) is 20.2. The molecule has 0 bridgehead atoms. The van der Waals surface area contributed by atoms with Crippen LogP contribution in [-0.4, -0.2) is 40.2 Å². The van der Waals surface area contributed by atoms with Gasteiger partial charge in [-0.05, 0) is 62.6 Å². The zero-order valence-electron chi connectivity index (χ0n) is 20.2. The molecule has 5 rings (SSSR count). The van der Waals surface area contributed by atoms with E-state index in [0.717, 1.165) is 59.8 Å². The molecule has 1 aliphatic heterocycles. The van der Waals surface area contributed by atoms with Gasteiger partial charge < -0.3 is 15.0 Å². The van der Waals surface area contributed by atoms with Crippen LogP contribution in [0.4, 0.5) is 5.82 Å². The minimum Gasteiger partial charge on any atom is -0.494 e. The third-order valence-electron chi connectivity index (χ3n) is 6.65. The van der Waals surface area contributed by atoms with E-state index < -0.39 is 0 Å². The first-order valence-corrected chi connectivity index (χ1v) is 12.3. The molecule has 3 heterocycles. The maximum atomic E-state index is 12.9. The van der Waals surface area contributed by atoms with Crippen LogP contribution in [0.15, 0.2) is 73.1 Å². The second-order valence-electron chi connectivity index (χ2n) is 8.97. The van der Waals surface area contributed by atoms with Crippen LogP contribution in [0.5, 0.6) is 5.75 Å². The second-order valence-corrected chi connectivity index (χ2v) is 8.97. The molecule has 2 aromatic heterocycles. The number of anilines is 1. The summed E-state index contributed by atoms with van der Waals surface area (Å²) in [6.07, 6.45) is 5.27. The largest absolute Gasteiger partial charge is 0.494 e. The van der Waals surface area contributed by atoms with E-state index in [1.165, 1.54) is 0 Å². The van der Waals surface area contributed by atoms with Crippen molar-refractivity contribution >= 4 is 17.2 Å². The zero-order valence-corrected chi connectivity index (χ0v) is 20.2. The van der Waals surface area contributed by atoms with Crippen molar-refractivity contribution in [3.63, 3.8) is 0 Å². The van der Waals surface area contributed by atoms with Crippen molar-refractivity contribution in [3.8, 4) is 17.0 Å². The van der Waals surface area contributed by atoms with Gasteiger partial charge >= 0.3 is 0 Å². The maximum Gasteiger partial charge on any atom is 0.223 e. The van der Waals surface area contributed by atoms with E-state index in [4.69, 9.17) is 9.84 Å². The van der Waals surface area contributed by atoms with Gasteiger partial charge in [-0.2, -0.15) is 5.10 Å². The molecule has 4 aromatic rings. The Balaban J connectivity index is 1.26. The molecule has 1 N–H and O–H groups in total. The number of rotatable bonds is 7. The number of hydrogen-bond donors (Lipinski definition) is 1. The Bertz CT molecular complexity index is 1280. The molecule has 2 aromatic carbocycles. The van der Waals surface area contributed by atoms with E-state index in [0.29, 0.717) is 6.61 Å². The van der Waals surface area contributed by atoms with Crippen molar-refractivity contribution in [2.75, 3.05) is 24.6 Å². The highest BCUT2D eigenvalue weighted by molar-refractivity contribution is 5.80. The Labute approximate surface area is 205 Å². The number of fused-ring (bicyclic) bond motifs is 1. The minimum absolute atomic E-state index is 0.00459. The first-order valence-electron chi connectivity index (χ1n) is 12.3. The molecule has 0 radical (unpaired) electrons. The Morgan fingerprint density at radius 2 is 1.86 bits per heavy atom. The van der Waals surface area contributed by atoms with Crippen molar-refractivity contribution in [2.45, 2.75) is 32.7 Å². The Morgan fingerprint density at radius 3 is 2.57 bits per heavy atom. The van der Waals surface area contributed by atoms with Gasteiger partial charge in [0.1, 0.15) is 11.3 Å². The summed E-state index contributed by atoms with van der Waals surface area (Å²) >= 11 is 0. The molecule has 1 aliphatic rings. The molecule has 0 spiro atoms. The van der Waals surface area contributed by atoms with Crippen molar-refractivity contribution in [1.82, 2.24) is 19.9 Å². The highest BCUT2D eigenvalue weighted by Gasteiger charge is 2.27. The van der Waals surface area contributed by atoms with E-state index in [-0.39, 0.29) is 17.9 Å². The van der Waals surface area contributed by atoms with Crippen molar-refractivity contribution < 1.29 is 9.53 Å². The molecule has 0 unspecified atom stereocenters. The quantitative estimate of drug-likeness (QED) is 0.417. The number of piperidine rings is 1. The molecular formula is C28H31N5O2. The number of aromatic nitrogens is 3. The van der Waals surface area contributed by atoms with Gasteiger partial charge in [-0.1, -0.05) is 30.3 Å². The summed E-state index contributed by atoms with van der Waals surface area (Å²) in [4.78, 5) is 19.8. The lowest BCUT2D eigenvalue weighted by molar-refractivity contribution is -0.126. The molecule has 0 aliphatic carbocycles. The lowest BCUT2D eigenvalue weighted by Gasteiger charge is -2.32. The Morgan fingerprint density at radius 1 is 1.11 bits per heavy atom. The number of nitrogens with one attached hydrogen (secondary N) is 1. The molecule has 1 saturated heterocycles. The van der Waals surface area contributed by atoms with Crippen LogP contribution < -0.4 is 15.0 Å². The summed E-state index contributed by atoms with van der Waals surface area (Å²) in [5.41, 5.74) is 4.02. The van der Waals surface area contributed by atoms with E-state index in [1.54, 1.807) is 6.20 Å². The van der Waals surface area contributed by atoms with Gasteiger partial charge in [0.15, 0.2) is 5.82 Å². The maximum absolute atomic E-state index is 12.9. The molecular weight excluding hydrogens is 438 g/mol. The average molecular weight is 470 g/mol. The summed E-state index contributed by atoms with van der Waals surface area (Å²) in [5, 5.41) is 7.95. The fourth-order valence-electron chi connectivity index (χ4n) is 4.69. The Kier molecular flexibility index (Phi) is 6.66. The van der Waals surface area contributed by atoms with Gasteiger partial charge in [0.05, 0.1) is 18.3 Å². The summed E-state index contributed by atoms with van der Waals surface area (Å²) in [7, 11) is 0. The fourth-order valence-corrected chi connectivity index (χ4v) is 4.69. The van der Waals surface area contributed by atoms with Crippen LogP contribution in [0.1, 0.15) is 38.3 Å². The van der Waals surface area contributed by atoms with Crippen molar-refractivity contribution in [3.05, 3.63) is 78.6 Å². The second kappa shape index (κ2) is 10.2. The summed E-state index contributed by atoms with van der Waals surface area (Å²) < 4.78 is 7.44. The van der Waals surface area contributed by atoms with Crippen LogP contribution >= 0.6 is 0 Å². The molecule has 35 heavy (non-hydrogen) atoms. The highest BCUT2D eigenvalue weighted by atomic mass is 16.5. The molecule has 7 heteroatoms. The van der Waals surface area contributed by atoms with Gasteiger partial charge in [0.25, 0.3) is 0 Å². The summed E-state index contributed by atoms with van der Waals surface area (Å²) in [5.74, 6) is 1.91. The van der Waals surface area contributed by atoms with E-state index in [2.05, 4.69) is 21.3 Å². The minimum atomic E-state index is 0.00459. The number of benzene rings is 2. The first-order chi connectivity index (χ1) is 17.1. The topological polar surface area (TPSA) is 71.8 Å². The molecule has 1 amide bonds. The zero-order chi connectivity index (χ0) is 24.2. The van der Waals surface area contributed by atoms with Gasteiger partial charge in [0.2, 0.25) is 5.91 Å². The molecule has 0 saturated carbocycles. The highest BCUT2D eigenvalue weighted by Crippen LogP contribution is 2.29. The van der Waals surface area contributed by atoms with Crippen molar-refractivity contribution in [1.29, 1.82) is 0 Å². The number of hydrogen-bond acceptors (Lipinski definition) is 5. The predicted molar refractivity (Wildman–Crippen MR) is 138 cm³/mol. The number of ether oxygens (including phenoxy) is 1. The average Bonchev–Trinajstić information content (AvgIpc) is 3.34. The fraction of sp³-hybridized carbons (Fsp3) is 0.321. The van der Waals surface area contributed by atoms with Gasteiger partial charge in [-0.25, -0.2) is 9.50 Å². The van der Waals surface area contributed by atoms with Crippen LogP contribution in [0.25, 0.3) is 16.8 Å². The van der Waals surface area contributed by atoms with Crippen LogP contribution in [0.3, 0.4) is 0 Å². The Hall–Kier alpha value is -3.87. The smallest absolute Gasteiger partial charge is 0.223 e. The monoisotopic (exact) mass is 469 g/mol. The third kappa shape index (κ3) is 4.99. The van der Waals surface area contributed by atoms with E-state index in [1.807, 2.05) is 79.2 Å². The normalized spacial score (nSPS) is 15.2. The number of amides is 1. The summed E-state index contributed by atoms with van der Waals surface area (Å²) in [6.45, 7) is 6.23. The number of nitrogens with zero attached hydrogens (tertiary/aromatic N) is 4. The molecule has 1 atom stereocenters. The van der Waals surface area contributed by atoms with Crippen LogP contribution in [-0.2, 0) is 4.79 Å². The van der Waals surface area contributed by atoms with Crippen molar-refractivity contribution in [2.24, 2.45) is 5.92 Å². The standard InChI is InChI=1S/C28H31N5O2/c1-3-35-24-11-9-22(10-12-24)25-19-26-27(29-15-18-33(26)31-25)32-16-13-23(14-17-32)28(34)30-20(2)21-7-5-4-6-8-21/h4-12,15,18-20,23H,3,13-14,16-17H2,1-2H3,(H,30,34)/t20-/m0/s1.